The van der Waals surface area contributed by atoms with Crippen LogP contribution in [-0.4, -0.2) is 66.6 Å². The van der Waals surface area contributed by atoms with Gasteiger partial charge in [0.25, 0.3) is 0 Å². The summed E-state index contributed by atoms with van der Waals surface area (Å²) >= 11 is 6.27. The lowest BCUT2D eigenvalue weighted by molar-refractivity contribution is -0.132. The Morgan fingerprint density at radius 3 is 2.72 bits per heavy atom. The van der Waals surface area contributed by atoms with Crippen molar-refractivity contribution in [3.8, 4) is 0 Å². The molecule has 2 aromatic rings. The first-order chi connectivity index (χ1) is 12.1. The highest BCUT2D eigenvalue weighted by molar-refractivity contribution is 6.31. The molecule has 0 aliphatic carbocycles. The third kappa shape index (κ3) is 3.28. The molecule has 0 saturated carbocycles. The molecule has 3 heterocycles. The standard InChI is InChI=1S/C19H25ClN4O/c1-22-8-4-15-16-12-14(20)2-3-17(16)24(18(15)5-9-22)13-19(25)23-10-6-21-7-11-23/h2-3,12,21H,4-11,13H2,1H3. The molecule has 2 aliphatic rings. The Kier molecular flexibility index (Phi) is 4.71. The van der Waals surface area contributed by atoms with Gasteiger partial charge in [-0.2, -0.15) is 0 Å². The fourth-order valence-corrected chi connectivity index (χ4v) is 4.23. The van der Waals surface area contributed by atoms with Crippen molar-refractivity contribution in [2.24, 2.45) is 0 Å². The number of nitrogens with zero attached hydrogens (tertiary/aromatic N) is 3. The molecule has 134 valence electrons. The molecule has 0 atom stereocenters. The summed E-state index contributed by atoms with van der Waals surface area (Å²) in [7, 11) is 2.16. The van der Waals surface area contributed by atoms with E-state index in [2.05, 4.69) is 34.0 Å². The van der Waals surface area contributed by atoms with E-state index < -0.39 is 0 Å². The van der Waals surface area contributed by atoms with Crippen LogP contribution in [0.15, 0.2) is 18.2 Å². The Morgan fingerprint density at radius 1 is 1.16 bits per heavy atom. The van der Waals surface area contributed by atoms with Gasteiger partial charge >= 0.3 is 0 Å². The number of benzene rings is 1. The van der Waals surface area contributed by atoms with Gasteiger partial charge in [0.15, 0.2) is 0 Å². The molecule has 0 radical (unpaired) electrons. The average molecular weight is 361 g/mol. The van der Waals surface area contributed by atoms with Gasteiger partial charge in [0.2, 0.25) is 5.91 Å². The van der Waals surface area contributed by atoms with Gasteiger partial charge in [-0.3, -0.25) is 4.79 Å². The molecule has 25 heavy (non-hydrogen) atoms. The highest BCUT2D eigenvalue weighted by atomic mass is 35.5. The Bertz CT molecular complexity index is 794. The zero-order valence-electron chi connectivity index (χ0n) is 14.7. The van der Waals surface area contributed by atoms with Crippen molar-refractivity contribution >= 4 is 28.4 Å². The first-order valence-corrected chi connectivity index (χ1v) is 9.48. The molecule has 0 bridgehead atoms. The summed E-state index contributed by atoms with van der Waals surface area (Å²) in [6.45, 7) is 5.87. The first-order valence-electron chi connectivity index (χ1n) is 9.10. The summed E-state index contributed by atoms with van der Waals surface area (Å²) in [6, 6.07) is 6.06. The molecule has 4 rings (SSSR count). The van der Waals surface area contributed by atoms with Crippen LogP contribution >= 0.6 is 11.6 Å². The zero-order valence-corrected chi connectivity index (χ0v) is 15.5. The van der Waals surface area contributed by atoms with Crippen LogP contribution < -0.4 is 5.32 Å². The van der Waals surface area contributed by atoms with Crippen molar-refractivity contribution in [1.82, 2.24) is 19.7 Å². The maximum atomic E-state index is 12.9. The number of carbonyl (C=O) groups excluding carboxylic acids is 1. The summed E-state index contributed by atoms with van der Waals surface area (Å²) in [5.74, 6) is 0.216. The van der Waals surface area contributed by atoms with Gasteiger partial charge in [-0.15, -0.1) is 0 Å². The van der Waals surface area contributed by atoms with Gasteiger partial charge in [0, 0.05) is 67.3 Å². The molecular formula is C19H25ClN4O. The smallest absolute Gasteiger partial charge is 0.242 e. The summed E-state index contributed by atoms with van der Waals surface area (Å²) in [4.78, 5) is 17.2. The molecule has 1 aromatic heterocycles. The second-order valence-corrected chi connectivity index (χ2v) is 7.54. The predicted molar refractivity (Wildman–Crippen MR) is 101 cm³/mol. The maximum absolute atomic E-state index is 12.9. The van der Waals surface area contributed by atoms with Gasteiger partial charge in [-0.25, -0.2) is 0 Å². The SMILES string of the molecule is CN1CCc2c(n(CC(=O)N3CCNCC3)c3ccc(Cl)cc23)CC1. The van der Waals surface area contributed by atoms with Crippen molar-refractivity contribution < 1.29 is 4.79 Å². The van der Waals surface area contributed by atoms with Crippen LogP contribution in [0.25, 0.3) is 10.9 Å². The van der Waals surface area contributed by atoms with E-state index >= 15 is 0 Å². The van der Waals surface area contributed by atoms with Crippen molar-refractivity contribution in [2.45, 2.75) is 19.4 Å². The summed E-state index contributed by atoms with van der Waals surface area (Å²) in [5, 5.41) is 5.28. The summed E-state index contributed by atoms with van der Waals surface area (Å²) in [5.41, 5.74) is 3.82. The van der Waals surface area contributed by atoms with E-state index in [1.165, 1.54) is 16.6 Å². The highest BCUT2D eigenvalue weighted by Crippen LogP contribution is 2.31. The lowest BCUT2D eigenvalue weighted by Gasteiger charge is -2.28. The summed E-state index contributed by atoms with van der Waals surface area (Å²) in [6.07, 6.45) is 1.99. The van der Waals surface area contributed by atoms with Crippen LogP contribution in [0.3, 0.4) is 0 Å². The Morgan fingerprint density at radius 2 is 1.92 bits per heavy atom. The van der Waals surface area contributed by atoms with E-state index in [-0.39, 0.29) is 5.91 Å². The molecule has 1 fully saturated rings. The average Bonchev–Trinajstić information content (AvgIpc) is 2.76. The molecule has 1 saturated heterocycles. The predicted octanol–water partition coefficient (Wildman–Crippen LogP) is 1.76. The molecule has 6 heteroatoms. The lowest BCUT2D eigenvalue weighted by Crippen LogP contribution is -2.47. The van der Waals surface area contributed by atoms with E-state index in [9.17, 15) is 4.79 Å². The van der Waals surface area contributed by atoms with Crippen molar-refractivity contribution in [2.75, 3.05) is 46.3 Å². The minimum atomic E-state index is 0.216. The number of piperazine rings is 1. The Balaban J connectivity index is 1.73. The normalized spacial score (nSPS) is 19.0. The largest absolute Gasteiger partial charge is 0.339 e. The van der Waals surface area contributed by atoms with E-state index in [0.717, 1.165) is 62.6 Å². The van der Waals surface area contributed by atoms with Crippen molar-refractivity contribution in [1.29, 1.82) is 0 Å². The maximum Gasteiger partial charge on any atom is 0.242 e. The number of carbonyl (C=O) groups is 1. The zero-order chi connectivity index (χ0) is 17.4. The molecule has 2 aliphatic heterocycles. The van der Waals surface area contributed by atoms with Crippen LogP contribution in [0, 0.1) is 0 Å². The quantitative estimate of drug-likeness (QED) is 0.887. The number of nitrogens with one attached hydrogen (secondary N) is 1. The molecule has 0 spiro atoms. The molecular weight excluding hydrogens is 336 g/mol. The molecule has 5 nitrogen and oxygen atoms in total. The second-order valence-electron chi connectivity index (χ2n) is 7.11. The van der Waals surface area contributed by atoms with Crippen molar-refractivity contribution in [3.63, 3.8) is 0 Å². The third-order valence-corrected chi connectivity index (χ3v) is 5.72. The van der Waals surface area contributed by atoms with E-state index in [0.29, 0.717) is 6.54 Å². The minimum absolute atomic E-state index is 0.216. The van der Waals surface area contributed by atoms with E-state index in [1.807, 2.05) is 11.0 Å². The Labute approximate surface area is 153 Å². The van der Waals surface area contributed by atoms with Gasteiger partial charge < -0.3 is 19.7 Å². The molecule has 1 amide bonds. The molecule has 1 aromatic carbocycles. The monoisotopic (exact) mass is 360 g/mol. The van der Waals surface area contributed by atoms with Gasteiger partial charge in [-0.05, 0) is 37.2 Å². The number of hydrogen-bond donors (Lipinski definition) is 1. The molecule has 0 unspecified atom stereocenters. The number of aromatic nitrogens is 1. The van der Waals surface area contributed by atoms with Crippen LogP contribution in [0.1, 0.15) is 11.3 Å². The third-order valence-electron chi connectivity index (χ3n) is 5.49. The number of amides is 1. The summed E-state index contributed by atoms with van der Waals surface area (Å²) < 4.78 is 2.24. The fourth-order valence-electron chi connectivity index (χ4n) is 4.06. The van der Waals surface area contributed by atoms with Crippen LogP contribution in [-0.2, 0) is 24.2 Å². The van der Waals surface area contributed by atoms with Gasteiger partial charge in [-0.1, -0.05) is 11.6 Å². The fraction of sp³-hybridized carbons (Fsp3) is 0.526. The van der Waals surface area contributed by atoms with Gasteiger partial charge in [0.1, 0.15) is 6.54 Å². The second kappa shape index (κ2) is 6.98. The minimum Gasteiger partial charge on any atom is -0.339 e. The first kappa shape index (κ1) is 16.9. The number of halogens is 1. The van der Waals surface area contributed by atoms with Crippen LogP contribution in [0.4, 0.5) is 0 Å². The Hall–Kier alpha value is -1.56. The highest BCUT2D eigenvalue weighted by Gasteiger charge is 2.24. The number of hydrogen-bond acceptors (Lipinski definition) is 3. The van der Waals surface area contributed by atoms with Crippen LogP contribution in [0.5, 0.6) is 0 Å². The number of likely N-dealkylation sites (N-methyl/N-ethyl adjacent to an activating group) is 1. The topological polar surface area (TPSA) is 40.5 Å². The number of rotatable bonds is 2. The van der Waals surface area contributed by atoms with Crippen molar-refractivity contribution in [3.05, 3.63) is 34.5 Å². The number of fused-ring (bicyclic) bond motifs is 3. The van der Waals surface area contributed by atoms with Gasteiger partial charge in [0.05, 0.1) is 0 Å². The van der Waals surface area contributed by atoms with E-state index in [1.54, 1.807) is 0 Å². The van der Waals surface area contributed by atoms with E-state index in [4.69, 9.17) is 11.6 Å². The molecule has 1 N–H and O–H groups in total. The van der Waals surface area contributed by atoms with Crippen LogP contribution in [0.2, 0.25) is 5.02 Å². The lowest BCUT2D eigenvalue weighted by atomic mass is 10.1.